The van der Waals surface area contributed by atoms with Crippen LogP contribution in [0.15, 0.2) is 24.3 Å². The summed E-state index contributed by atoms with van der Waals surface area (Å²) in [4.78, 5) is 0. The molecule has 0 spiro atoms. The Bertz CT molecular complexity index is 648. The molecule has 0 aliphatic carbocycles. The van der Waals surface area contributed by atoms with Crippen molar-refractivity contribution in [2.24, 2.45) is 0 Å². The van der Waals surface area contributed by atoms with Gasteiger partial charge in [0.25, 0.3) is 0 Å². The highest BCUT2D eigenvalue weighted by molar-refractivity contribution is 5.85. The van der Waals surface area contributed by atoms with Crippen molar-refractivity contribution in [3.63, 3.8) is 0 Å². The molecule has 92 valence electrons. The Morgan fingerprint density at radius 1 is 1.00 bits per heavy atom. The van der Waals surface area contributed by atoms with Crippen molar-refractivity contribution in [3.05, 3.63) is 47.3 Å². The molecule has 0 amide bonds. The Morgan fingerprint density at radius 3 is 2.44 bits per heavy atom. The van der Waals surface area contributed by atoms with Gasteiger partial charge >= 0.3 is 0 Å². The van der Waals surface area contributed by atoms with Crippen LogP contribution in [0, 0.1) is 29.3 Å². The molecule has 0 heterocycles. The van der Waals surface area contributed by atoms with Crippen LogP contribution in [0.1, 0.15) is 25.3 Å². The minimum absolute atomic E-state index is 0.0976. The average Bonchev–Trinajstić information content (AvgIpc) is 2.36. The summed E-state index contributed by atoms with van der Waals surface area (Å²) in [7, 11) is 0. The second-order valence-corrected chi connectivity index (χ2v) is 3.94. The number of unbranched alkanes of at least 4 members (excludes halogenated alkanes) is 1. The van der Waals surface area contributed by atoms with Crippen LogP contribution in [-0.4, -0.2) is 0 Å². The smallest absolute Gasteiger partial charge is 0.169 e. The molecule has 0 bridgehead atoms. The van der Waals surface area contributed by atoms with Crippen LogP contribution >= 0.6 is 0 Å². The second kappa shape index (κ2) is 5.14. The van der Waals surface area contributed by atoms with Crippen molar-refractivity contribution in [1.82, 2.24) is 0 Å². The van der Waals surface area contributed by atoms with Gasteiger partial charge in [0.05, 0.1) is 10.9 Å². The van der Waals surface area contributed by atoms with Crippen molar-refractivity contribution >= 4 is 10.8 Å². The Hall–Kier alpha value is -1.95. The first-order valence-electron chi connectivity index (χ1n) is 5.70. The Labute approximate surface area is 103 Å². The lowest BCUT2D eigenvalue weighted by molar-refractivity contribution is 0.511. The Morgan fingerprint density at radius 2 is 1.72 bits per heavy atom. The second-order valence-electron chi connectivity index (χ2n) is 3.94. The van der Waals surface area contributed by atoms with Crippen LogP contribution in [-0.2, 0) is 0 Å². The van der Waals surface area contributed by atoms with Crippen molar-refractivity contribution < 1.29 is 13.2 Å². The molecular weight excluding hydrogens is 237 g/mol. The van der Waals surface area contributed by atoms with Gasteiger partial charge in [0, 0.05) is 6.42 Å². The van der Waals surface area contributed by atoms with Gasteiger partial charge in [-0.3, -0.25) is 0 Å². The fraction of sp³-hybridized carbons (Fsp3) is 0.200. The zero-order chi connectivity index (χ0) is 13.1. The molecule has 0 aromatic heterocycles. The fourth-order valence-electron chi connectivity index (χ4n) is 1.69. The van der Waals surface area contributed by atoms with Crippen molar-refractivity contribution in [2.75, 3.05) is 0 Å². The third kappa shape index (κ3) is 2.19. The largest absolute Gasteiger partial charge is 0.205 e. The summed E-state index contributed by atoms with van der Waals surface area (Å²) in [5, 5.41) is -0.00857. The minimum Gasteiger partial charge on any atom is -0.205 e. The van der Waals surface area contributed by atoms with Crippen LogP contribution < -0.4 is 0 Å². The van der Waals surface area contributed by atoms with Crippen LogP contribution in [0.2, 0.25) is 0 Å². The highest BCUT2D eigenvalue weighted by atomic mass is 19.2. The number of hydrogen-bond acceptors (Lipinski definition) is 0. The number of rotatable bonds is 1. The molecule has 0 aliphatic heterocycles. The van der Waals surface area contributed by atoms with E-state index in [0.717, 1.165) is 12.5 Å². The van der Waals surface area contributed by atoms with Crippen LogP contribution in [0.25, 0.3) is 10.8 Å². The van der Waals surface area contributed by atoms with Crippen molar-refractivity contribution in [2.45, 2.75) is 19.8 Å². The van der Waals surface area contributed by atoms with Crippen molar-refractivity contribution in [1.29, 1.82) is 0 Å². The van der Waals surface area contributed by atoms with E-state index in [1.807, 2.05) is 6.92 Å². The lowest BCUT2D eigenvalue weighted by Crippen LogP contribution is -1.93. The maximum atomic E-state index is 14.0. The van der Waals surface area contributed by atoms with Crippen LogP contribution in [0.3, 0.4) is 0 Å². The van der Waals surface area contributed by atoms with Gasteiger partial charge in [-0.25, -0.2) is 13.2 Å². The molecule has 3 heteroatoms. The monoisotopic (exact) mass is 248 g/mol. The SMILES string of the molecule is CCCC#Cc1ccc2ccc(F)c(F)c2c1F. The lowest BCUT2D eigenvalue weighted by Gasteiger charge is -2.03. The van der Waals surface area contributed by atoms with E-state index in [1.54, 1.807) is 0 Å². The molecule has 0 saturated heterocycles. The van der Waals surface area contributed by atoms with E-state index in [1.165, 1.54) is 18.2 Å². The lowest BCUT2D eigenvalue weighted by atomic mass is 10.1. The zero-order valence-electron chi connectivity index (χ0n) is 9.86. The summed E-state index contributed by atoms with van der Waals surface area (Å²) in [5.41, 5.74) is 0.0976. The molecule has 2 rings (SSSR count). The standard InChI is InChI=1S/C15H11F3/c1-2-3-4-5-11-7-6-10-8-9-12(16)15(18)13(10)14(11)17/h6-9H,2-3H2,1H3. The molecule has 0 nitrogen and oxygen atoms in total. The van der Waals surface area contributed by atoms with Crippen molar-refractivity contribution in [3.8, 4) is 11.8 Å². The quantitative estimate of drug-likeness (QED) is 0.656. The first-order valence-corrected chi connectivity index (χ1v) is 5.70. The van der Waals surface area contributed by atoms with E-state index in [2.05, 4.69) is 11.8 Å². The molecule has 0 fully saturated rings. The number of fused-ring (bicyclic) bond motifs is 1. The molecule has 18 heavy (non-hydrogen) atoms. The van der Waals surface area contributed by atoms with E-state index in [0.29, 0.717) is 11.8 Å². The maximum Gasteiger partial charge on any atom is 0.169 e. The molecule has 0 radical (unpaired) electrons. The molecule has 2 aromatic carbocycles. The maximum absolute atomic E-state index is 14.0. The van der Waals surface area contributed by atoms with Crippen LogP contribution in [0.5, 0.6) is 0 Å². The predicted molar refractivity (Wildman–Crippen MR) is 65.6 cm³/mol. The summed E-state index contributed by atoms with van der Waals surface area (Å²) in [5.74, 6) is 2.41. The predicted octanol–water partition coefficient (Wildman–Crippen LogP) is 4.41. The first kappa shape index (κ1) is 12.5. The highest BCUT2D eigenvalue weighted by Gasteiger charge is 2.13. The van der Waals surface area contributed by atoms with Gasteiger partial charge in [0.1, 0.15) is 5.82 Å². The average molecular weight is 248 g/mol. The van der Waals surface area contributed by atoms with E-state index >= 15 is 0 Å². The summed E-state index contributed by atoms with van der Waals surface area (Å²) in [6, 6.07) is 5.36. The summed E-state index contributed by atoms with van der Waals surface area (Å²) in [6.45, 7) is 1.96. The highest BCUT2D eigenvalue weighted by Crippen LogP contribution is 2.25. The van der Waals surface area contributed by atoms with Gasteiger partial charge in [-0.1, -0.05) is 30.9 Å². The third-order valence-electron chi connectivity index (χ3n) is 2.61. The summed E-state index contributed by atoms with van der Waals surface area (Å²) in [6.07, 6.45) is 1.51. The minimum atomic E-state index is -1.16. The van der Waals surface area contributed by atoms with E-state index in [4.69, 9.17) is 0 Å². The van der Waals surface area contributed by atoms with Gasteiger partial charge in [-0.05, 0) is 23.9 Å². The molecule has 2 aromatic rings. The Kier molecular flexibility index (Phi) is 3.57. The topological polar surface area (TPSA) is 0 Å². The van der Waals surface area contributed by atoms with E-state index in [-0.39, 0.29) is 10.9 Å². The molecule has 0 aliphatic rings. The fourth-order valence-corrected chi connectivity index (χ4v) is 1.69. The third-order valence-corrected chi connectivity index (χ3v) is 2.61. The number of halogens is 3. The van der Waals surface area contributed by atoms with Gasteiger partial charge in [0.2, 0.25) is 0 Å². The number of hydrogen-bond donors (Lipinski definition) is 0. The van der Waals surface area contributed by atoms with E-state index in [9.17, 15) is 13.2 Å². The van der Waals surface area contributed by atoms with Gasteiger partial charge < -0.3 is 0 Å². The normalized spacial score (nSPS) is 10.2. The zero-order valence-corrected chi connectivity index (χ0v) is 9.86. The summed E-state index contributed by atoms with van der Waals surface area (Å²) < 4.78 is 40.7. The molecule has 0 saturated carbocycles. The van der Waals surface area contributed by atoms with Crippen LogP contribution in [0.4, 0.5) is 13.2 Å². The van der Waals surface area contributed by atoms with Gasteiger partial charge in [-0.15, -0.1) is 0 Å². The van der Waals surface area contributed by atoms with Gasteiger partial charge in [-0.2, -0.15) is 0 Å². The molecule has 0 unspecified atom stereocenters. The Balaban J connectivity index is 2.64. The number of benzene rings is 2. The molecule has 0 N–H and O–H groups in total. The molecular formula is C15H11F3. The summed E-state index contributed by atoms with van der Waals surface area (Å²) >= 11 is 0. The van der Waals surface area contributed by atoms with E-state index < -0.39 is 17.5 Å². The molecule has 0 atom stereocenters. The van der Waals surface area contributed by atoms with Gasteiger partial charge in [0.15, 0.2) is 11.6 Å². The first-order chi connectivity index (χ1) is 8.65.